The highest BCUT2D eigenvalue weighted by atomic mass is 32.2. The second kappa shape index (κ2) is 10.0. The van der Waals surface area contributed by atoms with Crippen LogP contribution in [0.2, 0.25) is 0 Å². The Hall–Kier alpha value is -2.78. The van der Waals surface area contributed by atoms with Crippen LogP contribution in [0.5, 0.6) is 0 Å². The summed E-state index contributed by atoms with van der Waals surface area (Å²) in [7, 11) is 0.108. The van der Waals surface area contributed by atoms with Crippen molar-refractivity contribution < 1.29 is 12.8 Å². The van der Waals surface area contributed by atoms with Gasteiger partial charge in [-0.3, -0.25) is 0 Å². The summed E-state index contributed by atoms with van der Waals surface area (Å²) in [6, 6.07) is 13.4. The molecule has 4 rings (SSSR count). The molecule has 0 unspecified atom stereocenters. The molecular formula is C24H30FN5O2S. The van der Waals surface area contributed by atoms with Crippen LogP contribution in [-0.4, -0.2) is 45.6 Å². The minimum atomic E-state index is -3.84. The fraction of sp³-hybridized carbons (Fsp3) is 0.417. The van der Waals surface area contributed by atoms with Crippen LogP contribution in [-0.2, 0) is 10.0 Å². The van der Waals surface area contributed by atoms with Crippen molar-refractivity contribution >= 4 is 32.7 Å². The zero-order valence-corrected chi connectivity index (χ0v) is 19.8. The molecule has 1 fully saturated rings. The summed E-state index contributed by atoms with van der Waals surface area (Å²) < 4.78 is 41.2. The second-order valence-electron chi connectivity index (χ2n) is 8.83. The summed E-state index contributed by atoms with van der Waals surface area (Å²) in [6.45, 7) is 1.11. The Morgan fingerprint density at radius 2 is 1.58 bits per heavy atom. The number of fused-ring (bicyclic) bond motifs is 1. The van der Waals surface area contributed by atoms with Crippen molar-refractivity contribution in [3.8, 4) is 0 Å². The van der Waals surface area contributed by atoms with Gasteiger partial charge in [0.1, 0.15) is 16.5 Å². The summed E-state index contributed by atoms with van der Waals surface area (Å²) in [5.74, 6) is 1.50. The number of halogens is 1. The van der Waals surface area contributed by atoms with Gasteiger partial charge in [0.05, 0.1) is 5.52 Å². The fourth-order valence-corrected chi connectivity index (χ4v) is 5.52. The molecule has 1 aliphatic rings. The van der Waals surface area contributed by atoms with Crippen molar-refractivity contribution in [3.63, 3.8) is 0 Å². The number of anilines is 2. The van der Waals surface area contributed by atoms with Crippen molar-refractivity contribution in [2.24, 2.45) is 11.8 Å². The summed E-state index contributed by atoms with van der Waals surface area (Å²) >= 11 is 0. The lowest BCUT2D eigenvalue weighted by atomic mass is 9.82. The van der Waals surface area contributed by atoms with E-state index in [1.54, 1.807) is 0 Å². The van der Waals surface area contributed by atoms with Gasteiger partial charge in [-0.25, -0.2) is 22.5 Å². The van der Waals surface area contributed by atoms with E-state index in [-0.39, 0.29) is 10.8 Å². The van der Waals surface area contributed by atoms with Gasteiger partial charge in [0.25, 0.3) is 0 Å². The third-order valence-corrected chi connectivity index (χ3v) is 7.67. The van der Waals surface area contributed by atoms with E-state index >= 15 is 0 Å². The van der Waals surface area contributed by atoms with Gasteiger partial charge in [-0.15, -0.1) is 0 Å². The monoisotopic (exact) mass is 471 g/mol. The van der Waals surface area contributed by atoms with Crippen LogP contribution in [0.15, 0.2) is 53.4 Å². The molecule has 1 saturated carbocycles. The number of hydrogen-bond donors (Lipinski definition) is 2. The molecule has 0 spiro atoms. The first kappa shape index (κ1) is 23.4. The van der Waals surface area contributed by atoms with Crippen LogP contribution in [0.25, 0.3) is 10.9 Å². The molecule has 9 heteroatoms. The predicted octanol–water partition coefficient (Wildman–Crippen LogP) is 4.03. The third-order valence-electron chi connectivity index (χ3n) is 6.21. The summed E-state index contributed by atoms with van der Waals surface area (Å²) in [5.41, 5.74) is 0.907. The molecule has 0 atom stereocenters. The molecule has 0 radical (unpaired) electrons. The SMILES string of the molecule is CN(C)c1nc(NCC2CCC(CNS(=O)(=O)c3ccccc3F)CC2)nc2ccccc12. The molecule has 2 N–H and O–H groups in total. The van der Waals surface area contributed by atoms with Crippen molar-refractivity contribution in [2.75, 3.05) is 37.4 Å². The van der Waals surface area contributed by atoms with Crippen LogP contribution < -0.4 is 14.9 Å². The maximum atomic E-state index is 13.8. The van der Waals surface area contributed by atoms with E-state index in [4.69, 9.17) is 0 Å². The fourth-order valence-electron chi connectivity index (χ4n) is 4.32. The molecule has 1 aromatic heterocycles. The van der Waals surface area contributed by atoms with Gasteiger partial charge >= 0.3 is 0 Å². The standard InChI is InChI=1S/C24H30FN5O2S/c1-30(2)23-19-7-3-5-9-21(19)28-24(29-23)26-15-17-11-13-18(14-12-17)16-27-33(31,32)22-10-6-4-8-20(22)25/h3-10,17-18,27H,11-16H2,1-2H3,(H,26,28,29). The molecule has 0 amide bonds. The van der Waals surface area contributed by atoms with Gasteiger partial charge in [0.15, 0.2) is 0 Å². The number of aromatic nitrogens is 2. The third kappa shape index (κ3) is 5.59. The second-order valence-corrected chi connectivity index (χ2v) is 10.6. The molecule has 1 aliphatic carbocycles. The normalized spacial score (nSPS) is 18.9. The highest BCUT2D eigenvalue weighted by Crippen LogP contribution is 2.29. The lowest BCUT2D eigenvalue weighted by Crippen LogP contribution is -2.32. The molecule has 2 aromatic carbocycles. The van der Waals surface area contributed by atoms with Crippen molar-refractivity contribution in [1.29, 1.82) is 0 Å². The number of sulfonamides is 1. The van der Waals surface area contributed by atoms with E-state index in [1.165, 1.54) is 18.2 Å². The number of para-hydroxylation sites is 1. The highest BCUT2D eigenvalue weighted by Gasteiger charge is 2.24. The van der Waals surface area contributed by atoms with E-state index in [1.807, 2.05) is 43.3 Å². The molecule has 0 saturated heterocycles. The molecule has 33 heavy (non-hydrogen) atoms. The smallest absolute Gasteiger partial charge is 0.243 e. The number of hydrogen-bond acceptors (Lipinski definition) is 6. The van der Waals surface area contributed by atoms with E-state index in [2.05, 4.69) is 20.0 Å². The van der Waals surface area contributed by atoms with E-state index in [0.717, 1.165) is 55.0 Å². The molecular weight excluding hydrogens is 441 g/mol. The Labute approximate surface area is 194 Å². The zero-order valence-electron chi connectivity index (χ0n) is 19.0. The summed E-state index contributed by atoms with van der Waals surface area (Å²) in [4.78, 5) is 11.0. The maximum absolute atomic E-state index is 13.8. The molecule has 3 aromatic rings. The van der Waals surface area contributed by atoms with Gasteiger partial charge in [-0.05, 0) is 61.8 Å². The van der Waals surface area contributed by atoms with Gasteiger partial charge in [0, 0.05) is 32.6 Å². The first-order valence-electron chi connectivity index (χ1n) is 11.3. The molecule has 1 heterocycles. The van der Waals surface area contributed by atoms with E-state index < -0.39 is 15.8 Å². The molecule has 0 bridgehead atoms. The maximum Gasteiger partial charge on any atom is 0.243 e. The van der Waals surface area contributed by atoms with Crippen molar-refractivity contribution in [2.45, 2.75) is 30.6 Å². The van der Waals surface area contributed by atoms with E-state index in [0.29, 0.717) is 18.4 Å². The van der Waals surface area contributed by atoms with Crippen molar-refractivity contribution in [1.82, 2.24) is 14.7 Å². The average molecular weight is 472 g/mol. The lowest BCUT2D eigenvalue weighted by molar-refractivity contribution is 0.284. The zero-order chi connectivity index (χ0) is 23.4. The van der Waals surface area contributed by atoms with Crippen LogP contribution in [0.4, 0.5) is 16.2 Å². The molecule has 7 nitrogen and oxygen atoms in total. The largest absolute Gasteiger partial charge is 0.362 e. The number of rotatable bonds is 8. The number of benzene rings is 2. The first-order chi connectivity index (χ1) is 15.8. The minimum Gasteiger partial charge on any atom is -0.362 e. The Morgan fingerprint density at radius 3 is 2.27 bits per heavy atom. The number of nitrogens with zero attached hydrogens (tertiary/aromatic N) is 3. The summed E-state index contributed by atoms with van der Waals surface area (Å²) in [5, 5.41) is 4.42. The van der Waals surface area contributed by atoms with Crippen LogP contribution in [0, 0.1) is 17.7 Å². The molecule has 176 valence electrons. The topological polar surface area (TPSA) is 87.2 Å². The highest BCUT2D eigenvalue weighted by molar-refractivity contribution is 7.89. The lowest BCUT2D eigenvalue weighted by Gasteiger charge is -2.28. The van der Waals surface area contributed by atoms with Crippen LogP contribution in [0.3, 0.4) is 0 Å². The van der Waals surface area contributed by atoms with Crippen molar-refractivity contribution in [3.05, 3.63) is 54.3 Å². The van der Waals surface area contributed by atoms with Crippen LogP contribution in [0.1, 0.15) is 25.7 Å². The van der Waals surface area contributed by atoms with Gasteiger partial charge in [-0.2, -0.15) is 4.98 Å². The van der Waals surface area contributed by atoms with Crippen LogP contribution >= 0.6 is 0 Å². The Balaban J connectivity index is 1.29. The summed E-state index contributed by atoms with van der Waals surface area (Å²) in [6.07, 6.45) is 3.84. The quantitative estimate of drug-likeness (QED) is 0.516. The Kier molecular flexibility index (Phi) is 7.09. The predicted molar refractivity (Wildman–Crippen MR) is 129 cm³/mol. The number of nitrogens with one attached hydrogen (secondary N) is 2. The first-order valence-corrected chi connectivity index (χ1v) is 12.7. The Morgan fingerprint density at radius 1 is 0.939 bits per heavy atom. The average Bonchev–Trinajstić information content (AvgIpc) is 2.81. The Bertz CT molecular complexity index is 1210. The molecule has 0 aliphatic heterocycles. The van der Waals surface area contributed by atoms with Gasteiger partial charge < -0.3 is 10.2 Å². The minimum absolute atomic E-state index is 0.250. The van der Waals surface area contributed by atoms with E-state index in [9.17, 15) is 12.8 Å². The van der Waals surface area contributed by atoms with Gasteiger partial charge in [-0.1, -0.05) is 24.3 Å². The van der Waals surface area contributed by atoms with Gasteiger partial charge in [0.2, 0.25) is 16.0 Å².